The summed E-state index contributed by atoms with van der Waals surface area (Å²) in [4.78, 5) is 120. The Morgan fingerprint density at radius 1 is 0.356 bits per heavy atom. The van der Waals surface area contributed by atoms with Crippen LogP contribution in [0.3, 0.4) is 0 Å². The predicted molar refractivity (Wildman–Crippen MR) is 87.2 cm³/mol. The molecule has 0 aromatic rings. The van der Waals surface area contributed by atoms with E-state index in [2.05, 4.69) is 0 Å². The van der Waals surface area contributed by atoms with Crippen molar-refractivity contribution in [2.24, 2.45) is 0 Å². The fourth-order valence-electron chi connectivity index (χ4n) is 0.714. The minimum atomic E-state index is -2.74. The number of carbonyl (C=O) groups excluding carboxylic acids is 10. The molecule has 0 atom stereocenters. The Kier molecular flexibility index (Phi) is 41.3. The summed E-state index contributed by atoms with van der Waals surface area (Å²) >= 11 is 0. The summed E-state index contributed by atoms with van der Waals surface area (Å²) in [6.07, 6.45) is -2.29. The molecule has 0 saturated heterocycles. The molecule has 0 bridgehead atoms. The van der Waals surface area contributed by atoms with Crippen LogP contribution >= 0.6 is 0 Å². The first-order valence-electron chi connectivity index (χ1n) is 8.50. The summed E-state index contributed by atoms with van der Waals surface area (Å²) in [6.45, 7) is 0. The molecule has 0 aliphatic carbocycles. The fourth-order valence-corrected chi connectivity index (χ4v) is 0.714. The first-order valence-corrected chi connectivity index (χ1v) is 8.50. The van der Waals surface area contributed by atoms with Gasteiger partial charge in [0.15, 0.2) is 5.60 Å². The summed E-state index contributed by atoms with van der Waals surface area (Å²) in [7, 11) is 0. The molecule has 0 amide bonds. The van der Waals surface area contributed by atoms with E-state index in [9.17, 15) is 14.4 Å². The van der Waals surface area contributed by atoms with Crippen molar-refractivity contribution in [3.05, 3.63) is 0 Å². The van der Waals surface area contributed by atoms with Gasteiger partial charge in [-0.25, -0.2) is 4.79 Å². The van der Waals surface area contributed by atoms with E-state index < -0.39 is 96.0 Å². The second-order valence-electron chi connectivity index (χ2n) is 5.35. The fraction of sp³-hybridized carbons (Fsp3) is 0.188. The van der Waals surface area contributed by atoms with Crippen molar-refractivity contribution in [2.45, 2.75) is 18.4 Å². The first-order chi connectivity index (χ1) is 19.0. The monoisotopic (exact) mass is 818 g/mol. The molecule has 27 nitrogen and oxygen atoms in total. The van der Waals surface area contributed by atoms with Crippen molar-refractivity contribution in [1.29, 1.82) is 0 Å². The Balaban J connectivity index is -0.0000000627. The molecule has 4 N–H and O–H groups in total. The van der Waals surface area contributed by atoms with E-state index in [4.69, 9.17) is 119 Å². The number of carboxylic acids is 13. The van der Waals surface area contributed by atoms with Crippen molar-refractivity contribution in [1.82, 2.24) is 0 Å². The molecule has 0 aromatic carbocycles. The van der Waals surface area contributed by atoms with Gasteiger partial charge >= 0.3 is 62.7 Å². The molecule has 0 saturated carbocycles. The number of aliphatic carboxylic acids is 13. The van der Waals surface area contributed by atoms with E-state index in [1.165, 1.54) is 0 Å². The third-order valence-corrected chi connectivity index (χ3v) is 2.12. The van der Waals surface area contributed by atoms with Crippen LogP contribution in [-0.2, 0) is 107 Å². The van der Waals surface area contributed by atoms with Crippen LogP contribution in [0.25, 0.3) is 0 Å². The molecule has 0 heterocycles. The van der Waals surface area contributed by atoms with Gasteiger partial charge in [0.25, 0.3) is 0 Å². The largest absolute Gasteiger partial charge is 5.00 e. The quantitative estimate of drug-likeness (QED) is 0.148. The zero-order valence-electron chi connectivity index (χ0n) is 20.5. The number of hydrogen-bond donors (Lipinski definition) is 4. The number of carbonyl (C=O) groups is 13. The summed E-state index contributed by atoms with van der Waals surface area (Å²) in [5, 5.41) is 123. The first kappa shape index (κ1) is 59.0. The Bertz CT molecular complexity index is 889. The van der Waals surface area contributed by atoms with Crippen LogP contribution in [0.1, 0.15) is 12.8 Å². The van der Waals surface area contributed by atoms with Crippen molar-refractivity contribution in [3.8, 4) is 0 Å². The number of aliphatic hydroxyl groups is 1. The van der Waals surface area contributed by atoms with Crippen LogP contribution in [0.2, 0.25) is 0 Å². The Hall–Kier alpha value is -5.45. The van der Waals surface area contributed by atoms with Gasteiger partial charge in [-0.05, 0) is 0 Å². The van der Waals surface area contributed by atoms with E-state index >= 15 is 0 Å². The third-order valence-electron chi connectivity index (χ3n) is 2.12. The molecule has 0 unspecified atom stereocenters. The molecule has 45 heavy (non-hydrogen) atoms. The second-order valence-corrected chi connectivity index (χ2v) is 5.35. The van der Waals surface area contributed by atoms with E-state index in [-0.39, 0.29) is 44.8 Å². The van der Waals surface area contributed by atoms with E-state index in [1.807, 2.05) is 0 Å². The van der Waals surface area contributed by atoms with Gasteiger partial charge < -0.3 is 119 Å². The Labute approximate surface area is 274 Å². The molecule has 0 fully saturated rings. The average Bonchev–Trinajstić information content (AvgIpc) is 2.79. The van der Waals surface area contributed by atoms with E-state index in [0.29, 0.717) is 0 Å². The topological polar surface area (TPSA) is 533 Å². The molecule has 0 spiro atoms. The van der Waals surface area contributed by atoms with Crippen LogP contribution in [0.15, 0.2) is 0 Å². The molecule has 0 rings (SSSR count). The second kappa shape index (κ2) is 31.5. The summed E-state index contributed by atoms with van der Waals surface area (Å²) in [6, 6.07) is 0. The normalized spacial score (nSPS) is 8.02. The van der Waals surface area contributed by atoms with Crippen LogP contribution < -0.4 is 51.1 Å². The van der Waals surface area contributed by atoms with Gasteiger partial charge in [-0.15, -0.1) is 0 Å². The summed E-state index contributed by atoms with van der Waals surface area (Å²) in [5.41, 5.74) is -2.74. The molecular weight excluding hydrogens is 810 g/mol. The van der Waals surface area contributed by atoms with Crippen molar-refractivity contribution in [3.63, 3.8) is 0 Å². The van der Waals surface area contributed by atoms with Gasteiger partial charge in [-0.1, -0.05) is 0 Å². The number of rotatable bonds is 5. The van der Waals surface area contributed by atoms with Crippen LogP contribution in [0.5, 0.6) is 0 Å². The average molecular weight is 818 g/mol. The number of carboxylic acid groups (broad SMARTS) is 13. The van der Waals surface area contributed by atoms with Crippen molar-refractivity contribution >= 4 is 77.6 Å². The van der Waals surface area contributed by atoms with Crippen LogP contribution in [-0.4, -0.2) is 104 Å². The van der Waals surface area contributed by atoms with Crippen LogP contribution in [0, 0.1) is 0 Å². The van der Waals surface area contributed by atoms with Gasteiger partial charge in [-0.3, -0.25) is 9.59 Å². The Morgan fingerprint density at radius 2 is 0.467 bits per heavy atom. The summed E-state index contributed by atoms with van der Waals surface area (Å²) in [5.74, 6) is -26.9. The van der Waals surface area contributed by atoms with Gasteiger partial charge in [-0.2, -0.15) is 0 Å². The van der Waals surface area contributed by atoms with E-state index in [0.717, 1.165) is 0 Å². The zero-order valence-corrected chi connectivity index (χ0v) is 24.9. The van der Waals surface area contributed by atoms with Crippen molar-refractivity contribution < 1.29 is 179 Å². The standard InChI is InChI=1S/C6H8O7.5C2H2O4.2Nb/c7-3(8)1-6(13,5(11)12)2-4(9)10;5*3-1(4)2(5)6;;/h13H,1-2H2,(H,7,8)(H,9,10)(H,11,12);5*(H,3,4)(H,5,6);;/q;;;;;;2*+5/p-10. The third kappa shape index (κ3) is 55.2. The minimum absolute atomic E-state index is 0. The summed E-state index contributed by atoms with van der Waals surface area (Å²) < 4.78 is 0. The Morgan fingerprint density at radius 3 is 0.511 bits per heavy atom. The molecular formula is C16H8Nb2O27. The smallest absolute Gasteiger partial charge is 0.543 e. The maximum absolute atomic E-state index is 10.3. The molecule has 0 radical (unpaired) electrons. The maximum Gasteiger partial charge on any atom is 5.00 e. The molecule has 0 aliphatic heterocycles. The molecule has 244 valence electrons. The minimum Gasteiger partial charge on any atom is -0.543 e. The van der Waals surface area contributed by atoms with Gasteiger partial charge in [0.1, 0.15) is 0 Å². The molecule has 0 aliphatic rings. The number of hydrogen-bond acceptors (Lipinski definition) is 24. The molecule has 0 aromatic heterocycles. The van der Waals surface area contributed by atoms with Gasteiger partial charge in [0.2, 0.25) is 0 Å². The predicted octanol–water partition coefficient (Wildman–Crippen LogP) is -18.8. The van der Waals surface area contributed by atoms with Gasteiger partial charge in [0, 0.05) is 0 Å². The SMILES string of the molecule is O=C(O)CC(O)(CC(=O)O)C(=O)O.O=C([O-])C(=O)[O-].O=C([O-])C(=O)[O-].O=C([O-])C(=O)[O-].O=C([O-])C(=O)[O-].O=C([O-])C(=O)[O-].[Nb+5].[Nb+5]. The zero-order chi connectivity index (χ0) is 36.4. The van der Waals surface area contributed by atoms with Gasteiger partial charge in [0.05, 0.1) is 72.5 Å². The van der Waals surface area contributed by atoms with E-state index in [1.54, 1.807) is 0 Å². The molecule has 29 heteroatoms. The van der Waals surface area contributed by atoms with Crippen molar-refractivity contribution in [2.75, 3.05) is 0 Å². The maximum atomic E-state index is 10.3. The van der Waals surface area contributed by atoms with Crippen LogP contribution in [0.4, 0.5) is 0 Å².